The van der Waals surface area contributed by atoms with Crippen molar-refractivity contribution in [1.29, 1.82) is 0 Å². The number of fused-ring (bicyclic) bond motifs is 1. The first-order valence-corrected chi connectivity index (χ1v) is 8.31. The van der Waals surface area contributed by atoms with Crippen LogP contribution in [0.25, 0.3) is 0 Å². The first kappa shape index (κ1) is 17.3. The third kappa shape index (κ3) is 3.94. The minimum Gasteiger partial charge on any atom is -0.496 e. The summed E-state index contributed by atoms with van der Waals surface area (Å²) < 4.78 is 10.3. The smallest absolute Gasteiger partial charge is 0.342 e. The molecule has 0 unspecified atom stereocenters. The van der Waals surface area contributed by atoms with Crippen molar-refractivity contribution >= 4 is 23.5 Å². The van der Waals surface area contributed by atoms with Crippen LogP contribution in [0.2, 0.25) is 5.02 Å². The molecule has 0 aliphatic carbocycles. The Hall–Kier alpha value is -2.53. The van der Waals surface area contributed by atoms with Gasteiger partial charge in [-0.3, -0.25) is 4.79 Å². The van der Waals surface area contributed by atoms with Crippen molar-refractivity contribution in [2.45, 2.75) is 13.0 Å². The van der Waals surface area contributed by atoms with Crippen molar-refractivity contribution in [3.05, 3.63) is 64.2 Å². The molecule has 1 amide bonds. The summed E-state index contributed by atoms with van der Waals surface area (Å²) in [5, 5.41) is 0.395. The van der Waals surface area contributed by atoms with Crippen molar-refractivity contribution < 1.29 is 19.1 Å². The van der Waals surface area contributed by atoms with Gasteiger partial charge in [-0.1, -0.05) is 35.9 Å². The molecule has 0 saturated heterocycles. The fourth-order valence-electron chi connectivity index (χ4n) is 2.84. The molecule has 0 radical (unpaired) electrons. The van der Waals surface area contributed by atoms with E-state index in [1.54, 1.807) is 17.0 Å². The molecular formula is C19H18ClNO4. The predicted octanol–water partition coefficient (Wildman–Crippen LogP) is 3.09. The summed E-state index contributed by atoms with van der Waals surface area (Å²) in [6, 6.07) is 12.7. The van der Waals surface area contributed by atoms with Gasteiger partial charge in [0.25, 0.3) is 5.91 Å². The third-order valence-corrected chi connectivity index (χ3v) is 4.43. The number of hydrogen-bond donors (Lipinski definition) is 0. The van der Waals surface area contributed by atoms with Gasteiger partial charge in [0.15, 0.2) is 6.61 Å². The quantitative estimate of drug-likeness (QED) is 0.787. The van der Waals surface area contributed by atoms with Crippen LogP contribution in [0.5, 0.6) is 5.75 Å². The summed E-state index contributed by atoms with van der Waals surface area (Å²) in [5.41, 5.74) is 2.59. The lowest BCUT2D eigenvalue weighted by molar-refractivity contribution is -0.135. The fraction of sp³-hybridized carbons (Fsp3) is 0.263. The van der Waals surface area contributed by atoms with E-state index in [1.165, 1.54) is 18.7 Å². The molecule has 25 heavy (non-hydrogen) atoms. The molecule has 1 aliphatic rings. The molecule has 0 saturated carbocycles. The summed E-state index contributed by atoms with van der Waals surface area (Å²) in [7, 11) is 1.45. The molecule has 0 atom stereocenters. The Kier molecular flexibility index (Phi) is 5.24. The lowest BCUT2D eigenvalue weighted by Gasteiger charge is -2.28. The van der Waals surface area contributed by atoms with Gasteiger partial charge in [-0.05, 0) is 35.7 Å². The van der Waals surface area contributed by atoms with Crippen molar-refractivity contribution in [1.82, 2.24) is 4.90 Å². The Bertz CT molecular complexity index is 806. The maximum absolute atomic E-state index is 12.4. The third-order valence-electron chi connectivity index (χ3n) is 4.19. The lowest BCUT2D eigenvalue weighted by atomic mass is 10.00. The summed E-state index contributed by atoms with van der Waals surface area (Å²) in [6.45, 7) is 0.845. The lowest BCUT2D eigenvalue weighted by Crippen LogP contribution is -2.38. The van der Waals surface area contributed by atoms with Gasteiger partial charge >= 0.3 is 5.97 Å². The number of esters is 1. The number of rotatable bonds is 4. The van der Waals surface area contributed by atoms with E-state index >= 15 is 0 Å². The fourth-order valence-corrected chi connectivity index (χ4v) is 3.02. The molecule has 0 bridgehead atoms. The first-order chi connectivity index (χ1) is 12.1. The molecule has 0 spiro atoms. The molecule has 130 valence electrons. The number of halogens is 1. The number of amides is 1. The van der Waals surface area contributed by atoms with Gasteiger partial charge < -0.3 is 14.4 Å². The maximum atomic E-state index is 12.4. The molecular weight excluding hydrogens is 342 g/mol. The van der Waals surface area contributed by atoms with Crippen LogP contribution in [0, 0.1) is 0 Å². The van der Waals surface area contributed by atoms with Crippen LogP contribution in [0.15, 0.2) is 42.5 Å². The van der Waals surface area contributed by atoms with Crippen molar-refractivity contribution in [2.24, 2.45) is 0 Å². The van der Waals surface area contributed by atoms with Crippen LogP contribution < -0.4 is 4.74 Å². The van der Waals surface area contributed by atoms with Crippen molar-refractivity contribution in [2.75, 3.05) is 20.3 Å². The maximum Gasteiger partial charge on any atom is 0.342 e. The molecule has 0 fully saturated rings. The summed E-state index contributed by atoms with van der Waals surface area (Å²) >= 11 is 5.91. The van der Waals surface area contributed by atoms with E-state index in [0.717, 1.165) is 12.0 Å². The second-order valence-electron chi connectivity index (χ2n) is 5.75. The van der Waals surface area contributed by atoms with E-state index in [1.807, 2.05) is 18.2 Å². The number of nitrogens with zero attached hydrogens (tertiary/aromatic N) is 1. The number of ether oxygens (including phenoxy) is 2. The average molecular weight is 360 g/mol. The molecule has 1 aliphatic heterocycles. The van der Waals surface area contributed by atoms with Crippen LogP contribution >= 0.6 is 11.6 Å². The standard InChI is InChI=1S/C19H18ClNO4/c1-24-17-7-6-15(20)10-16(17)19(23)25-12-18(22)21-9-8-13-4-2-3-5-14(13)11-21/h2-7,10H,8-9,11-12H2,1H3. The molecule has 1 heterocycles. The van der Waals surface area contributed by atoms with Gasteiger partial charge in [0.05, 0.1) is 7.11 Å². The summed E-state index contributed by atoms with van der Waals surface area (Å²) in [6.07, 6.45) is 0.804. The van der Waals surface area contributed by atoms with Crippen LogP contribution in [0.1, 0.15) is 21.5 Å². The first-order valence-electron chi connectivity index (χ1n) is 7.93. The average Bonchev–Trinajstić information content (AvgIpc) is 2.65. The predicted molar refractivity (Wildman–Crippen MR) is 93.8 cm³/mol. The molecule has 2 aromatic rings. The summed E-state index contributed by atoms with van der Waals surface area (Å²) in [5.74, 6) is -0.497. The van der Waals surface area contributed by atoms with Crippen LogP contribution in [0.4, 0.5) is 0 Å². The van der Waals surface area contributed by atoms with E-state index < -0.39 is 5.97 Å². The Morgan fingerprint density at radius 3 is 2.68 bits per heavy atom. The van der Waals surface area contributed by atoms with Gasteiger partial charge in [0.1, 0.15) is 11.3 Å². The number of carbonyl (C=O) groups is 2. The SMILES string of the molecule is COc1ccc(Cl)cc1C(=O)OCC(=O)N1CCc2ccccc2C1. The van der Waals surface area contributed by atoms with Crippen LogP contribution in [-0.4, -0.2) is 37.0 Å². The normalized spacial score (nSPS) is 13.1. The van der Waals surface area contributed by atoms with Crippen molar-refractivity contribution in [3.63, 3.8) is 0 Å². The highest BCUT2D eigenvalue weighted by atomic mass is 35.5. The van der Waals surface area contributed by atoms with Crippen LogP contribution in [-0.2, 0) is 22.5 Å². The Labute approximate surface area is 151 Å². The molecule has 3 rings (SSSR count). The van der Waals surface area contributed by atoms with E-state index in [9.17, 15) is 9.59 Å². The van der Waals surface area contributed by atoms with E-state index in [-0.39, 0.29) is 18.1 Å². The number of methoxy groups -OCH3 is 1. The molecule has 2 aromatic carbocycles. The monoisotopic (exact) mass is 359 g/mol. The van der Waals surface area contributed by atoms with Gasteiger partial charge in [0, 0.05) is 18.1 Å². The summed E-state index contributed by atoms with van der Waals surface area (Å²) in [4.78, 5) is 26.3. The van der Waals surface area contributed by atoms with E-state index in [4.69, 9.17) is 21.1 Å². The second-order valence-corrected chi connectivity index (χ2v) is 6.19. The number of benzene rings is 2. The highest BCUT2D eigenvalue weighted by Crippen LogP contribution is 2.23. The van der Waals surface area contributed by atoms with Crippen LogP contribution in [0.3, 0.4) is 0 Å². The highest BCUT2D eigenvalue weighted by Gasteiger charge is 2.22. The van der Waals surface area contributed by atoms with E-state index in [2.05, 4.69) is 6.07 Å². The zero-order valence-corrected chi connectivity index (χ0v) is 14.6. The van der Waals surface area contributed by atoms with Gasteiger partial charge in [-0.15, -0.1) is 0 Å². The largest absolute Gasteiger partial charge is 0.496 e. The Balaban J connectivity index is 1.61. The number of carbonyl (C=O) groups excluding carboxylic acids is 2. The minimum absolute atomic E-state index is 0.201. The molecule has 6 heteroatoms. The Morgan fingerprint density at radius 1 is 1.16 bits per heavy atom. The molecule has 0 N–H and O–H groups in total. The second kappa shape index (κ2) is 7.57. The topological polar surface area (TPSA) is 55.8 Å². The van der Waals surface area contributed by atoms with Gasteiger partial charge in [0.2, 0.25) is 0 Å². The zero-order chi connectivity index (χ0) is 17.8. The van der Waals surface area contributed by atoms with Gasteiger partial charge in [-0.2, -0.15) is 0 Å². The van der Waals surface area contributed by atoms with Gasteiger partial charge in [-0.25, -0.2) is 4.79 Å². The minimum atomic E-state index is -0.634. The Morgan fingerprint density at radius 2 is 1.92 bits per heavy atom. The molecule has 0 aromatic heterocycles. The number of hydrogen-bond acceptors (Lipinski definition) is 4. The van der Waals surface area contributed by atoms with Crippen molar-refractivity contribution in [3.8, 4) is 5.75 Å². The zero-order valence-electron chi connectivity index (χ0n) is 13.8. The highest BCUT2D eigenvalue weighted by molar-refractivity contribution is 6.31. The molecule has 5 nitrogen and oxygen atoms in total. The van der Waals surface area contributed by atoms with E-state index in [0.29, 0.717) is 23.9 Å².